The summed E-state index contributed by atoms with van der Waals surface area (Å²) in [5, 5.41) is 9.00. The van der Waals surface area contributed by atoms with Crippen LogP contribution in [0.4, 0.5) is 0 Å². The summed E-state index contributed by atoms with van der Waals surface area (Å²) in [7, 11) is -1.08. The summed E-state index contributed by atoms with van der Waals surface area (Å²) in [5.41, 5.74) is 2.74. The lowest BCUT2D eigenvalue weighted by Gasteiger charge is -2.11. The van der Waals surface area contributed by atoms with Gasteiger partial charge >= 0.3 is 5.97 Å². The van der Waals surface area contributed by atoms with Crippen LogP contribution >= 0.6 is 0 Å². The SMILES string of the molecule is CS(=O)c1ccc(C(=O)c2cccc3c2C=CC3CC(=O)O)cc1. The highest BCUT2D eigenvalue weighted by molar-refractivity contribution is 7.84. The van der Waals surface area contributed by atoms with Gasteiger partial charge in [0.15, 0.2) is 5.78 Å². The second-order valence-electron chi connectivity index (χ2n) is 5.68. The Balaban J connectivity index is 1.95. The molecule has 0 heterocycles. The Morgan fingerprint density at radius 2 is 1.83 bits per heavy atom. The molecule has 5 heteroatoms. The van der Waals surface area contributed by atoms with Crippen LogP contribution in [-0.4, -0.2) is 27.3 Å². The zero-order valence-corrected chi connectivity index (χ0v) is 13.9. The van der Waals surface area contributed by atoms with Crippen LogP contribution in [0.25, 0.3) is 6.08 Å². The van der Waals surface area contributed by atoms with Gasteiger partial charge in [-0.3, -0.25) is 13.8 Å². The minimum Gasteiger partial charge on any atom is -0.481 e. The quantitative estimate of drug-likeness (QED) is 0.848. The lowest BCUT2D eigenvalue weighted by atomic mass is 9.92. The van der Waals surface area contributed by atoms with Gasteiger partial charge in [0.05, 0.1) is 6.42 Å². The minimum absolute atomic E-state index is 0.0121. The van der Waals surface area contributed by atoms with Crippen LogP contribution in [0.2, 0.25) is 0 Å². The van der Waals surface area contributed by atoms with Crippen LogP contribution in [-0.2, 0) is 15.6 Å². The van der Waals surface area contributed by atoms with E-state index in [4.69, 9.17) is 5.11 Å². The van der Waals surface area contributed by atoms with Gasteiger partial charge in [-0.1, -0.05) is 30.4 Å². The number of carbonyl (C=O) groups excluding carboxylic acids is 1. The van der Waals surface area contributed by atoms with Gasteiger partial charge in [0.1, 0.15) is 0 Å². The highest BCUT2D eigenvalue weighted by Crippen LogP contribution is 2.35. The molecule has 0 saturated heterocycles. The fourth-order valence-electron chi connectivity index (χ4n) is 2.93. The predicted octanol–water partition coefficient (Wildman–Crippen LogP) is 3.24. The van der Waals surface area contributed by atoms with E-state index < -0.39 is 16.8 Å². The molecular formula is C19H16O4S. The number of fused-ring (bicyclic) bond motifs is 1. The van der Waals surface area contributed by atoms with Crippen LogP contribution in [0, 0.1) is 0 Å². The van der Waals surface area contributed by atoms with Crippen molar-refractivity contribution in [2.75, 3.05) is 6.26 Å². The van der Waals surface area contributed by atoms with Gasteiger partial charge in [0.25, 0.3) is 0 Å². The maximum Gasteiger partial charge on any atom is 0.304 e. The summed E-state index contributed by atoms with van der Waals surface area (Å²) in [6.45, 7) is 0. The number of rotatable bonds is 5. The summed E-state index contributed by atoms with van der Waals surface area (Å²) in [5.74, 6) is -1.19. The first kappa shape index (κ1) is 16.3. The van der Waals surface area contributed by atoms with Crippen molar-refractivity contribution in [2.24, 2.45) is 0 Å². The van der Waals surface area contributed by atoms with E-state index in [1.54, 1.807) is 42.7 Å². The first-order valence-electron chi connectivity index (χ1n) is 7.48. The number of benzene rings is 2. The lowest BCUT2D eigenvalue weighted by Crippen LogP contribution is -2.07. The number of carboxylic acids is 1. The second kappa shape index (κ2) is 6.53. The fraction of sp³-hybridized carbons (Fsp3) is 0.158. The summed E-state index contributed by atoms with van der Waals surface area (Å²) < 4.78 is 11.4. The average Bonchev–Trinajstić information content (AvgIpc) is 2.96. The average molecular weight is 340 g/mol. The zero-order valence-electron chi connectivity index (χ0n) is 13.1. The largest absolute Gasteiger partial charge is 0.481 e. The standard InChI is InChI=1S/C19H16O4S/c1-24(23)14-8-5-12(6-9-14)19(22)17-4-2-3-15-13(11-18(20)21)7-10-16(15)17/h2-10,13H,11H2,1H3,(H,20,21). The topological polar surface area (TPSA) is 71.4 Å². The van der Waals surface area contributed by atoms with Crippen molar-refractivity contribution < 1.29 is 18.9 Å². The van der Waals surface area contributed by atoms with Crippen LogP contribution < -0.4 is 0 Å². The van der Waals surface area contributed by atoms with Crippen molar-refractivity contribution in [3.63, 3.8) is 0 Å². The smallest absolute Gasteiger partial charge is 0.304 e. The molecule has 1 N–H and O–H groups in total. The fourth-order valence-corrected chi connectivity index (χ4v) is 3.45. The van der Waals surface area contributed by atoms with E-state index in [0.717, 1.165) is 11.1 Å². The maximum absolute atomic E-state index is 12.8. The maximum atomic E-state index is 12.8. The molecule has 2 aromatic rings. The van der Waals surface area contributed by atoms with Crippen LogP contribution in [0.3, 0.4) is 0 Å². The molecule has 24 heavy (non-hydrogen) atoms. The molecule has 0 bridgehead atoms. The molecule has 4 nitrogen and oxygen atoms in total. The van der Waals surface area contributed by atoms with Gasteiger partial charge in [0.2, 0.25) is 0 Å². The Bertz CT molecular complexity index is 865. The Labute approximate surface area is 142 Å². The van der Waals surface area contributed by atoms with Crippen molar-refractivity contribution in [3.05, 3.63) is 70.8 Å². The normalized spacial score (nSPS) is 16.6. The van der Waals surface area contributed by atoms with E-state index >= 15 is 0 Å². The molecule has 0 aromatic heterocycles. The molecule has 122 valence electrons. The summed E-state index contributed by atoms with van der Waals surface area (Å²) in [4.78, 5) is 24.4. The van der Waals surface area contributed by atoms with Crippen LogP contribution in [0.5, 0.6) is 0 Å². The van der Waals surface area contributed by atoms with Gasteiger partial charge in [-0.2, -0.15) is 0 Å². The minimum atomic E-state index is -1.08. The first-order chi connectivity index (χ1) is 11.5. The molecule has 2 aromatic carbocycles. The highest BCUT2D eigenvalue weighted by atomic mass is 32.2. The van der Waals surface area contributed by atoms with E-state index in [1.165, 1.54) is 0 Å². The number of carbonyl (C=O) groups is 2. The monoisotopic (exact) mass is 340 g/mol. The van der Waals surface area contributed by atoms with E-state index in [0.29, 0.717) is 16.0 Å². The van der Waals surface area contributed by atoms with Crippen LogP contribution in [0.1, 0.15) is 39.4 Å². The van der Waals surface area contributed by atoms with E-state index in [-0.39, 0.29) is 18.1 Å². The van der Waals surface area contributed by atoms with Gasteiger partial charge in [-0.05, 0) is 35.4 Å². The number of hydrogen-bond donors (Lipinski definition) is 1. The molecule has 0 amide bonds. The van der Waals surface area contributed by atoms with Crippen molar-refractivity contribution in [3.8, 4) is 0 Å². The predicted molar refractivity (Wildman–Crippen MR) is 92.7 cm³/mol. The molecule has 2 atom stereocenters. The van der Waals surface area contributed by atoms with Crippen molar-refractivity contribution in [1.29, 1.82) is 0 Å². The number of carboxylic acid groups (broad SMARTS) is 1. The molecule has 1 aliphatic rings. The van der Waals surface area contributed by atoms with Crippen molar-refractivity contribution >= 4 is 28.6 Å². The summed E-state index contributed by atoms with van der Waals surface area (Å²) in [6, 6.07) is 12.1. The molecule has 2 unspecified atom stereocenters. The van der Waals surface area contributed by atoms with Gasteiger partial charge in [0, 0.05) is 39.0 Å². The van der Waals surface area contributed by atoms with Gasteiger partial charge in [-0.25, -0.2) is 0 Å². The molecule has 0 aliphatic heterocycles. The van der Waals surface area contributed by atoms with Crippen LogP contribution in [0.15, 0.2) is 53.4 Å². The second-order valence-corrected chi connectivity index (χ2v) is 7.06. The third-order valence-corrected chi connectivity index (χ3v) is 5.06. The Hall–Kier alpha value is -2.53. The Morgan fingerprint density at radius 3 is 2.46 bits per heavy atom. The number of allylic oxidation sites excluding steroid dienone is 1. The Morgan fingerprint density at radius 1 is 1.12 bits per heavy atom. The van der Waals surface area contributed by atoms with Gasteiger partial charge in [-0.15, -0.1) is 0 Å². The molecule has 0 saturated carbocycles. The highest BCUT2D eigenvalue weighted by Gasteiger charge is 2.24. The van der Waals surface area contributed by atoms with Crippen molar-refractivity contribution in [1.82, 2.24) is 0 Å². The molecule has 0 radical (unpaired) electrons. The van der Waals surface area contributed by atoms with E-state index in [1.807, 2.05) is 18.2 Å². The number of ketones is 1. The van der Waals surface area contributed by atoms with Crippen molar-refractivity contribution in [2.45, 2.75) is 17.2 Å². The third-order valence-electron chi connectivity index (χ3n) is 4.12. The number of hydrogen-bond acceptors (Lipinski definition) is 3. The molecule has 3 rings (SSSR count). The van der Waals surface area contributed by atoms with Gasteiger partial charge < -0.3 is 5.11 Å². The summed E-state index contributed by atoms with van der Waals surface area (Å²) >= 11 is 0. The zero-order chi connectivity index (χ0) is 17.3. The first-order valence-corrected chi connectivity index (χ1v) is 9.04. The summed E-state index contributed by atoms with van der Waals surface area (Å²) in [6.07, 6.45) is 5.26. The lowest BCUT2D eigenvalue weighted by molar-refractivity contribution is -0.137. The third kappa shape index (κ3) is 3.08. The molecule has 0 spiro atoms. The Kier molecular flexibility index (Phi) is 4.44. The van der Waals surface area contributed by atoms with E-state index in [9.17, 15) is 13.8 Å². The molecule has 1 aliphatic carbocycles. The van der Waals surface area contributed by atoms with E-state index in [2.05, 4.69) is 0 Å². The molecular weight excluding hydrogens is 324 g/mol. The number of aliphatic carboxylic acids is 1. The molecule has 0 fully saturated rings.